The fraction of sp³-hybridized carbons (Fsp3) is 0.284. The molecule has 0 atom stereocenters. The van der Waals surface area contributed by atoms with Crippen molar-refractivity contribution in [2.45, 2.75) is 111 Å². The SMILES string of the molecule is CCCCCCCCOc1ccc(C(=O)Oc2ccc(OC(=O)c3cccc(C(=O)Oc4ccc(OC(=O)c5ccc(OCCCCCCCC)cc5)cc4C(=O)OCc4ccccc4)c3C)c(C(=O)OCc3ccccc3)c2)cc1. The average molecular weight is 1100 g/mol. The number of rotatable bonds is 30. The van der Waals surface area contributed by atoms with Gasteiger partial charge in [-0.3, -0.25) is 0 Å². The van der Waals surface area contributed by atoms with Crippen LogP contribution in [-0.2, 0) is 22.7 Å². The number of carbonyl (C=O) groups is 6. The summed E-state index contributed by atoms with van der Waals surface area (Å²) in [5, 5.41) is 0. The van der Waals surface area contributed by atoms with Crippen LogP contribution in [0.5, 0.6) is 34.5 Å². The highest BCUT2D eigenvalue weighted by molar-refractivity contribution is 6.02. The summed E-state index contributed by atoms with van der Waals surface area (Å²) in [5.74, 6) is -4.33. The average Bonchev–Trinajstić information content (AvgIpc) is 3.61. The van der Waals surface area contributed by atoms with Crippen molar-refractivity contribution in [1.29, 1.82) is 0 Å². The third-order valence-electron chi connectivity index (χ3n) is 13.1. The largest absolute Gasteiger partial charge is 0.494 e. The van der Waals surface area contributed by atoms with Crippen molar-refractivity contribution in [3.63, 3.8) is 0 Å². The van der Waals surface area contributed by atoms with Crippen molar-refractivity contribution in [3.8, 4) is 34.5 Å². The summed E-state index contributed by atoms with van der Waals surface area (Å²) in [6, 6.07) is 43.1. The van der Waals surface area contributed by atoms with E-state index in [-0.39, 0.29) is 75.2 Å². The van der Waals surface area contributed by atoms with Crippen LogP contribution in [0.15, 0.2) is 164 Å². The van der Waals surface area contributed by atoms with E-state index in [0.29, 0.717) is 35.8 Å². The van der Waals surface area contributed by atoms with E-state index in [0.717, 1.165) is 25.7 Å². The maximum absolute atomic E-state index is 14.1. The number of carbonyl (C=O) groups excluding carboxylic acids is 6. The lowest BCUT2D eigenvalue weighted by atomic mass is 10.0. The molecule has 14 nitrogen and oxygen atoms in total. The summed E-state index contributed by atoms with van der Waals surface area (Å²) in [5.41, 5.74) is 1.43. The summed E-state index contributed by atoms with van der Waals surface area (Å²) in [4.78, 5) is 82.4. The standard InChI is InChI=1S/C67H68O14/c1-4-6-8-10-12-20-41-74-52-33-29-50(30-34-52)62(68)78-54-37-39-60(58(43-54)64(70)76-45-48-23-16-14-17-24-48)80-66(72)56-27-22-28-57(47(56)3)67(73)81-61-40-38-55(44-59(61)65(71)77-46-49-25-18-15-19-26-49)79-63(69)51-31-35-53(36-32-51)75-42-21-13-11-9-7-5-2/h14-19,22-40,43-44H,4-13,20-21,41-42,45-46H2,1-3H3. The van der Waals surface area contributed by atoms with Crippen LogP contribution in [0.3, 0.4) is 0 Å². The van der Waals surface area contributed by atoms with E-state index in [4.69, 9.17) is 37.9 Å². The molecule has 7 aromatic rings. The minimum absolute atomic E-state index is 0.0280. The molecule has 0 radical (unpaired) electrons. The number of esters is 6. The number of hydrogen-bond donors (Lipinski definition) is 0. The topological polar surface area (TPSA) is 176 Å². The van der Waals surface area contributed by atoms with Gasteiger partial charge in [0.05, 0.1) is 35.5 Å². The maximum Gasteiger partial charge on any atom is 0.343 e. The highest BCUT2D eigenvalue weighted by Crippen LogP contribution is 2.31. The molecule has 0 bridgehead atoms. The van der Waals surface area contributed by atoms with E-state index in [9.17, 15) is 28.8 Å². The van der Waals surface area contributed by atoms with Crippen molar-refractivity contribution < 1.29 is 66.7 Å². The molecule has 81 heavy (non-hydrogen) atoms. The fourth-order valence-corrected chi connectivity index (χ4v) is 8.48. The van der Waals surface area contributed by atoms with Gasteiger partial charge in [-0.1, -0.05) is 145 Å². The van der Waals surface area contributed by atoms with Gasteiger partial charge in [-0.25, -0.2) is 28.8 Å². The summed E-state index contributed by atoms with van der Waals surface area (Å²) in [7, 11) is 0. The Hall–Kier alpha value is -9.04. The number of benzene rings is 7. The molecule has 0 saturated heterocycles. The van der Waals surface area contributed by atoms with Gasteiger partial charge in [0.15, 0.2) is 0 Å². The molecule has 0 saturated carbocycles. The van der Waals surface area contributed by atoms with Gasteiger partial charge in [-0.2, -0.15) is 0 Å². The molecule has 0 aliphatic carbocycles. The van der Waals surface area contributed by atoms with E-state index in [2.05, 4.69) is 13.8 Å². The first kappa shape index (κ1) is 59.6. The fourth-order valence-electron chi connectivity index (χ4n) is 8.48. The summed E-state index contributed by atoms with van der Waals surface area (Å²) >= 11 is 0. The molecular weight excluding hydrogens is 1030 g/mol. The first-order chi connectivity index (χ1) is 39.5. The first-order valence-corrected chi connectivity index (χ1v) is 27.6. The van der Waals surface area contributed by atoms with Crippen LogP contribution in [0.2, 0.25) is 0 Å². The Morgan fingerprint density at radius 1 is 0.333 bits per heavy atom. The van der Waals surface area contributed by atoms with E-state index in [1.54, 1.807) is 97.1 Å². The second-order valence-electron chi connectivity index (χ2n) is 19.3. The molecule has 0 aliphatic heterocycles. The lowest BCUT2D eigenvalue weighted by Crippen LogP contribution is -2.18. The molecule has 0 amide bonds. The van der Waals surface area contributed by atoms with E-state index < -0.39 is 35.8 Å². The lowest BCUT2D eigenvalue weighted by Gasteiger charge is -2.15. The zero-order valence-corrected chi connectivity index (χ0v) is 46.1. The molecule has 0 unspecified atom stereocenters. The third kappa shape index (κ3) is 18.5. The second kappa shape index (κ2) is 31.5. The molecule has 0 aromatic heterocycles. The molecule has 0 aliphatic rings. The Balaban J connectivity index is 1.04. The van der Waals surface area contributed by atoms with E-state index in [1.807, 2.05) is 12.1 Å². The van der Waals surface area contributed by atoms with Crippen LogP contribution in [0.25, 0.3) is 0 Å². The molecule has 420 valence electrons. The first-order valence-electron chi connectivity index (χ1n) is 27.6. The van der Waals surface area contributed by atoms with Crippen molar-refractivity contribution in [1.82, 2.24) is 0 Å². The second-order valence-corrected chi connectivity index (χ2v) is 19.3. The van der Waals surface area contributed by atoms with Gasteiger partial charge < -0.3 is 37.9 Å². The zero-order valence-electron chi connectivity index (χ0n) is 46.1. The Morgan fingerprint density at radius 2 is 0.704 bits per heavy atom. The smallest absolute Gasteiger partial charge is 0.343 e. The number of unbranched alkanes of at least 4 members (excludes halogenated alkanes) is 10. The van der Waals surface area contributed by atoms with Crippen LogP contribution in [-0.4, -0.2) is 49.0 Å². The van der Waals surface area contributed by atoms with Crippen LogP contribution in [0.1, 0.15) is 170 Å². The van der Waals surface area contributed by atoms with Gasteiger partial charge in [-0.15, -0.1) is 0 Å². The lowest BCUT2D eigenvalue weighted by molar-refractivity contribution is 0.0456. The highest BCUT2D eigenvalue weighted by atomic mass is 16.6. The predicted octanol–water partition coefficient (Wildman–Crippen LogP) is 15.1. The van der Waals surface area contributed by atoms with Gasteiger partial charge in [0, 0.05) is 0 Å². The van der Waals surface area contributed by atoms with E-state index in [1.165, 1.54) is 113 Å². The Labute approximate surface area is 473 Å². The highest BCUT2D eigenvalue weighted by Gasteiger charge is 2.26. The Bertz CT molecular complexity index is 2980. The summed E-state index contributed by atoms with van der Waals surface area (Å²) in [6.07, 6.45) is 13.6. The zero-order chi connectivity index (χ0) is 57.2. The summed E-state index contributed by atoms with van der Waals surface area (Å²) in [6.45, 7) is 6.77. The van der Waals surface area contributed by atoms with Gasteiger partial charge >= 0.3 is 35.8 Å². The number of hydrogen-bond acceptors (Lipinski definition) is 14. The van der Waals surface area contributed by atoms with Crippen LogP contribution in [0.4, 0.5) is 0 Å². The minimum atomic E-state index is -0.950. The van der Waals surface area contributed by atoms with Crippen molar-refractivity contribution in [3.05, 3.63) is 214 Å². The van der Waals surface area contributed by atoms with Crippen molar-refractivity contribution in [2.75, 3.05) is 13.2 Å². The third-order valence-corrected chi connectivity index (χ3v) is 13.1. The number of ether oxygens (including phenoxy) is 8. The van der Waals surface area contributed by atoms with Crippen LogP contribution < -0.4 is 28.4 Å². The molecule has 14 heteroatoms. The maximum atomic E-state index is 14.1. The Kier molecular flexibility index (Phi) is 23.2. The van der Waals surface area contributed by atoms with Gasteiger partial charge in [0.2, 0.25) is 0 Å². The Morgan fingerprint density at radius 3 is 1.10 bits per heavy atom. The van der Waals surface area contributed by atoms with Crippen LogP contribution in [0, 0.1) is 6.92 Å². The monoisotopic (exact) mass is 1100 g/mol. The molecule has 0 fully saturated rings. The molecule has 0 heterocycles. The van der Waals surface area contributed by atoms with Crippen molar-refractivity contribution in [2.24, 2.45) is 0 Å². The molecular formula is C67H68O14. The summed E-state index contributed by atoms with van der Waals surface area (Å²) < 4.78 is 46.0. The minimum Gasteiger partial charge on any atom is -0.494 e. The molecule has 7 rings (SSSR count). The van der Waals surface area contributed by atoms with Gasteiger partial charge in [0.1, 0.15) is 58.8 Å². The quantitative estimate of drug-likeness (QED) is 0.0236. The molecule has 0 N–H and O–H groups in total. The molecule has 0 spiro atoms. The van der Waals surface area contributed by atoms with Gasteiger partial charge in [0.25, 0.3) is 0 Å². The predicted molar refractivity (Wildman–Crippen MR) is 306 cm³/mol. The van der Waals surface area contributed by atoms with Crippen molar-refractivity contribution >= 4 is 35.8 Å². The molecule has 7 aromatic carbocycles. The normalized spacial score (nSPS) is 10.8. The van der Waals surface area contributed by atoms with Crippen LogP contribution >= 0.6 is 0 Å². The van der Waals surface area contributed by atoms with Gasteiger partial charge in [-0.05, 0) is 134 Å². The van der Waals surface area contributed by atoms with E-state index >= 15 is 0 Å².